The zero-order chi connectivity index (χ0) is 16.4. The van der Waals surface area contributed by atoms with E-state index in [1.54, 1.807) is 6.92 Å². The Bertz CT molecular complexity index is 817. The summed E-state index contributed by atoms with van der Waals surface area (Å²) in [7, 11) is 2.55. The van der Waals surface area contributed by atoms with Crippen molar-refractivity contribution in [1.29, 1.82) is 0 Å². The second kappa shape index (κ2) is 5.88. The third kappa shape index (κ3) is 2.41. The molecule has 116 valence electrons. The highest BCUT2D eigenvalue weighted by molar-refractivity contribution is 6.00. The Morgan fingerprint density at radius 2 is 2.09 bits per heavy atom. The Kier molecular flexibility index (Phi) is 4.16. The highest BCUT2D eigenvalue weighted by Gasteiger charge is 2.21. The molecule has 0 aliphatic rings. The molecule has 1 N–H and O–H groups in total. The number of esters is 1. The molecule has 1 heterocycles. The Morgan fingerprint density at radius 1 is 1.41 bits per heavy atom. The van der Waals surface area contributed by atoms with Crippen molar-refractivity contribution in [3.63, 3.8) is 0 Å². The van der Waals surface area contributed by atoms with Gasteiger partial charge in [0.05, 0.1) is 26.2 Å². The number of benzene rings is 1. The largest absolute Gasteiger partial charge is 0.504 e. The number of phenols is 1. The Morgan fingerprint density at radius 3 is 2.64 bits per heavy atom. The Labute approximate surface area is 125 Å². The van der Waals surface area contributed by atoms with Crippen molar-refractivity contribution in [2.75, 3.05) is 14.2 Å². The molecule has 0 aliphatic carbocycles. The van der Waals surface area contributed by atoms with Crippen molar-refractivity contribution in [3.05, 3.63) is 33.2 Å². The predicted octanol–water partition coefficient (Wildman–Crippen LogP) is 1.34. The molecule has 0 saturated carbocycles. The van der Waals surface area contributed by atoms with E-state index in [1.807, 2.05) is 0 Å². The highest BCUT2D eigenvalue weighted by Crippen LogP contribution is 2.36. The lowest BCUT2D eigenvalue weighted by Gasteiger charge is -2.11. The first-order valence-corrected chi connectivity index (χ1v) is 6.32. The number of carbonyl (C=O) groups is 2. The second-order valence-corrected chi connectivity index (χ2v) is 4.58. The van der Waals surface area contributed by atoms with Crippen LogP contribution in [0.3, 0.4) is 0 Å². The molecule has 0 atom stereocenters. The van der Waals surface area contributed by atoms with Gasteiger partial charge in [0, 0.05) is 5.39 Å². The van der Waals surface area contributed by atoms with Gasteiger partial charge in [0.25, 0.3) is 0 Å². The van der Waals surface area contributed by atoms with Gasteiger partial charge in [-0.25, -0.2) is 4.79 Å². The normalized spacial score (nSPS) is 10.5. The summed E-state index contributed by atoms with van der Waals surface area (Å²) in [5.74, 6) is -0.931. The smallest absolute Gasteiger partial charge is 0.340 e. The lowest BCUT2D eigenvalue weighted by atomic mass is 10.0. The van der Waals surface area contributed by atoms with Crippen LogP contribution in [0.4, 0.5) is 0 Å². The molecule has 0 aliphatic heterocycles. The van der Waals surface area contributed by atoms with Crippen LogP contribution < -0.4 is 10.4 Å². The quantitative estimate of drug-likeness (QED) is 0.516. The summed E-state index contributed by atoms with van der Waals surface area (Å²) < 4.78 is 14.7. The number of phenolic OH excluding ortho intramolecular Hbond substituents is 1. The van der Waals surface area contributed by atoms with Gasteiger partial charge in [-0.2, -0.15) is 0 Å². The summed E-state index contributed by atoms with van der Waals surface area (Å²) in [4.78, 5) is 34.6. The number of fused-ring (bicyclic) bond motifs is 1. The summed E-state index contributed by atoms with van der Waals surface area (Å²) in [6.07, 6.45) is 0.128. The van der Waals surface area contributed by atoms with E-state index in [4.69, 9.17) is 9.15 Å². The zero-order valence-corrected chi connectivity index (χ0v) is 12.3. The first kappa shape index (κ1) is 15.6. The number of carbonyl (C=O) groups excluding carboxylic acids is 2. The molecular formula is C15H14O7. The van der Waals surface area contributed by atoms with E-state index in [-0.39, 0.29) is 28.9 Å². The molecule has 7 heteroatoms. The van der Waals surface area contributed by atoms with Crippen molar-refractivity contribution in [2.24, 2.45) is 0 Å². The number of ether oxygens (including phenoxy) is 2. The molecule has 1 aromatic carbocycles. The van der Waals surface area contributed by atoms with Gasteiger partial charge in [-0.3, -0.25) is 9.59 Å². The second-order valence-electron chi connectivity index (χ2n) is 4.58. The van der Waals surface area contributed by atoms with E-state index in [2.05, 4.69) is 4.74 Å². The monoisotopic (exact) mass is 306 g/mol. The van der Waals surface area contributed by atoms with Crippen molar-refractivity contribution in [3.8, 4) is 11.5 Å². The van der Waals surface area contributed by atoms with E-state index < -0.39 is 17.3 Å². The summed E-state index contributed by atoms with van der Waals surface area (Å²) in [5, 5.41) is 10.3. The first-order valence-electron chi connectivity index (χ1n) is 6.32. The van der Waals surface area contributed by atoms with Gasteiger partial charge in [0.2, 0.25) is 0 Å². The topological polar surface area (TPSA) is 103 Å². The van der Waals surface area contributed by atoms with E-state index >= 15 is 0 Å². The third-order valence-electron chi connectivity index (χ3n) is 3.44. The molecule has 0 bridgehead atoms. The third-order valence-corrected chi connectivity index (χ3v) is 3.44. The molecule has 0 unspecified atom stereocenters. The first-order chi connectivity index (χ1) is 10.4. The fraction of sp³-hybridized carbons (Fsp3) is 0.267. The average Bonchev–Trinajstić information content (AvgIpc) is 2.51. The standard InChI is InChI=1S/C15H14O7/c1-7-8-4-11(20-2)13(18)10(6-16)14(8)22-15(19)9(7)5-12(17)21-3/h4,6,18H,5H2,1-3H3. The molecule has 0 spiro atoms. The molecule has 0 saturated heterocycles. The van der Waals surface area contributed by atoms with Crippen molar-refractivity contribution in [1.82, 2.24) is 0 Å². The van der Waals surface area contributed by atoms with Crippen LogP contribution >= 0.6 is 0 Å². The van der Waals surface area contributed by atoms with Crippen LogP contribution in [-0.2, 0) is 16.0 Å². The molecule has 22 heavy (non-hydrogen) atoms. The number of hydrogen-bond acceptors (Lipinski definition) is 7. The van der Waals surface area contributed by atoms with Gasteiger partial charge in [-0.15, -0.1) is 0 Å². The van der Waals surface area contributed by atoms with Gasteiger partial charge in [0.1, 0.15) is 5.56 Å². The molecular weight excluding hydrogens is 292 g/mol. The maximum atomic E-state index is 12.0. The van der Waals surface area contributed by atoms with Gasteiger partial charge < -0.3 is 19.0 Å². The van der Waals surface area contributed by atoms with E-state index in [0.717, 1.165) is 0 Å². The average molecular weight is 306 g/mol. The van der Waals surface area contributed by atoms with Crippen LogP contribution in [0.1, 0.15) is 21.5 Å². The van der Waals surface area contributed by atoms with Crippen molar-refractivity contribution in [2.45, 2.75) is 13.3 Å². The Balaban J connectivity index is 2.85. The van der Waals surface area contributed by atoms with Crippen LogP contribution in [-0.4, -0.2) is 31.6 Å². The van der Waals surface area contributed by atoms with Crippen LogP contribution in [0, 0.1) is 6.92 Å². The van der Waals surface area contributed by atoms with Crippen LogP contribution in [0.15, 0.2) is 15.3 Å². The summed E-state index contributed by atoms with van der Waals surface area (Å²) in [6, 6.07) is 1.44. The molecule has 0 fully saturated rings. The fourth-order valence-electron chi connectivity index (χ4n) is 2.20. The molecule has 0 amide bonds. The van der Waals surface area contributed by atoms with Crippen LogP contribution in [0.5, 0.6) is 11.5 Å². The predicted molar refractivity (Wildman–Crippen MR) is 76.5 cm³/mol. The number of aromatic hydroxyl groups is 1. The number of rotatable bonds is 4. The van der Waals surface area contributed by atoms with Gasteiger partial charge >= 0.3 is 11.6 Å². The Hall–Kier alpha value is -2.83. The molecule has 2 aromatic rings. The van der Waals surface area contributed by atoms with Gasteiger partial charge in [-0.05, 0) is 18.6 Å². The minimum Gasteiger partial charge on any atom is -0.504 e. The van der Waals surface area contributed by atoms with Gasteiger partial charge in [-0.1, -0.05) is 0 Å². The zero-order valence-electron chi connectivity index (χ0n) is 12.3. The van der Waals surface area contributed by atoms with Crippen LogP contribution in [0.25, 0.3) is 11.0 Å². The SMILES string of the molecule is COC(=O)Cc1c(C)c2cc(OC)c(O)c(C=O)c2oc1=O. The van der Waals surface area contributed by atoms with E-state index in [1.165, 1.54) is 20.3 Å². The maximum Gasteiger partial charge on any atom is 0.340 e. The minimum absolute atomic E-state index is 0.0515. The molecule has 1 aromatic heterocycles. The van der Waals surface area contributed by atoms with E-state index in [0.29, 0.717) is 17.2 Å². The minimum atomic E-state index is -0.761. The van der Waals surface area contributed by atoms with Crippen molar-refractivity contribution < 1.29 is 28.6 Å². The summed E-state index contributed by atoms with van der Waals surface area (Å²) >= 11 is 0. The van der Waals surface area contributed by atoms with Crippen molar-refractivity contribution >= 4 is 23.2 Å². The highest BCUT2D eigenvalue weighted by atomic mass is 16.5. The lowest BCUT2D eigenvalue weighted by molar-refractivity contribution is -0.139. The van der Waals surface area contributed by atoms with Crippen LogP contribution in [0.2, 0.25) is 0 Å². The maximum absolute atomic E-state index is 12.0. The van der Waals surface area contributed by atoms with Gasteiger partial charge in [0.15, 0.2) is 23.4 Å². The molecule has 7 nitrogen and oxygen atoms in total. The number of aldehydes is 1. The molecule has 2 rings (SSSR count). The summed E-state index contributed by atoms with van der Waals surface area (Å²) in [6.45, 7) is 1.61. The number of hydrogen-bond donors (Lipinski definition) is 1. The lowest BCUT2D eigenvalue weighted by Crippen LogP contribution is -2.16. The van der Waals surface area contributed by atoms with E-state index in [9.17, 15) is 19.5 Å². The molecule has 0 radical (unpaired) electrons. The number of methoxy groups -OCH3 is 2. The fourth-order valence-corrected chi connectivity index (χ4v) is 2.20. The summed E-state index contributed by atoms with van der Waals surface area (Å²) in [5.41, 5.74) is -0.409. The number of aryl methyl sites for hydroxylation is 1.